The predicted molar refractivity (Wildman–Crippen MR) is 89.5 cm³/mol. The van der Waals surface area contributed by atoms with Crippen LogP contribution in [-0.4, -0.2) is 26.5 Å². The molecule has 2 aromatic rings. The normalized spacial score (nSPS) is 14.7. The van der Waals surface area contributed by atoms with E-state index in [0.717, 1.165) is 11.5 Å². The molecule has 116 valence electrons. The van der Waals surface area contributed by atoms with E-state index in [0.29, 0.717) is 17.9 Å². The van der Waals surface area contributed by atoms with Crippen LogP contribution < -0.4 is 10.2 Å². The molecule has 1 fully saturated rings. The number of benzene rings is 1. The summed E-state index contributed by atoms with van der Waals surface area (Å²) < 4.78 is 0. The summed E-state index contributed by atoms with van der Waals surface area (Å²) in [7, 11) is 0. The second-order valence-corrected chi connectivity index (χ2v) is 6.77. The molecule has 5 heteroatoms. The largest absolute Gasteiger partial charge is 0.351 e. The topological polar surface area (TPSA) is 53.9 Å². The Labute approximate surface area is 131 Å². The standard InChI is InChI=1S/C17H23N5/c1-12-18-15(20-13-10-11-13)21-16(19-12)22(17(2,3)4)14-8-6-5-7-9-14/h5-9,13H,10-11H2,1-4H3,(H,18,19,20,21). The molecule has 0 spiro atoms. The van der Waals surface area contributed by atoms with Gasteiger partial charge >= 0.3 is 0 Å². The van der Waals surface area contributed by atoms with Crippen LogP contribution in [0.2, 0.25) is 0 Å². The van der Waals surface area contributed by atoms with E-state index in [9.17, 15) is 0 Å². The Morgan fingerprint density at radius 2 is 1.73 bits per heavy atom. The average molecular weight is 297 g/mol. The van der Waals surface area contributed by atoms with Crippen molar-refractivity contribution < 1.29 is 0 Å². The first-order chi connectivity index (χ1) is 10.4. The van der Waals surface area contributed by atoms with Crippen molar-refractivity contribution in [3.8, 4) is 0 Å². The minimum absolute atomic E-state index is 0.133. The molecule has 1 aliphatic carbocycles. The van der Waals surface area contributed by atoms with E-state index in [1.807, 2.05) is 25.1 Å². The Balaban J connectivity index is 2.02. The smallest absolute Gasteiger partial charge is 0.235 e. The van der Waals surface area contributed by atoms with Gasteiger partial charge in [-0.2, -0.15) is 15.0 Å². The molecule has 0 aliphatic heterocycles. The second kappa shape index (κ2) is 5.55. The summed E-state index contributed by atoms with van der Waals surface area (Å²) in [6.07, 6.45) is 2.39. The van der Waals surface area contributed by atoms with Gasteiger partial charge in [0.2, 0.25) is 11.9 Å². The first-order valence-electron chi connectivity index (χ1n) is 7.78. The number of hydrogen-bond acceptors (Lipinski definition) is 5. The van der Waals surface area contributed by atoms with Crippen LogP contribution in [-0.2, 0) is 0 Å². The van der Waals surface area contributed by atoms with E-state index in [1.54, 1.807) is 0 Å². The minimum atomic E-state index is -0.133. The highest BCUT2D eigenvalue weighted by molar-refractivity contribution is 5.60. The molecule has 1 aromatic carbocycles. The number of nitrogens with zero attached hydrogens (tertiary/aromatic N) is 4. The van der Waals surface area contributed by atoms with Crippen molar-refractivity contribution in [3.63, 3.8) is 0 Å². The Kier molecular flexibility index (Phi) is 3.72. The number of rotatable bonds is 4. The van der Waals surface area contributed by atoms with Crippen molar-refractivity contribution in [2.24, 2.45) is 0 Å². The maximum atomic E-state index is 4.65. The Hall–Kier alpha value is -2.17. The number of para-hydroxylation sites is 1. The van der Waals surface area contributed by atoms with Gasteiger partial charge < -0.3 is 10.2 Å². The molecule has 1 heterocycles. The highest BCUT2D eigenvalue weighted by atomic mass is 15.3. The number of anilines is 3. The lowest BCUT2D eigenvalue weighted by molar-refractivity contribution is 0.548. The first kappa shape index (κ1) is 14.8. The molecular formula is C17H23N5. The van der Waals surface area contributed by atoms with E-state index in [4.69, 9.17) is 0 Å². The van der Waals surface area contributed by atoms with Crippen LogP contribution in [0.1, 0.15) is 39.4 Å². The van der Waals surface area contributed by atoms with Crippen LogP contribution in [0, 0.1) is 6.92 Å². The highest BCUT2D eigenvalue weighted by Gasteiger charge is 2.28. The lowest BCUT2D eigenvalue weighted by atomic mass is 10.1. The molecule has 0 amide bonds. The molecule has 5 nitrogen and oxygen atoms in total. The molecule has 0 radical (unpaired) electrons. The fraction of sp³-hybridized carbons (Fsp3) is 0.471. The van der Waals surface area contributed by atoms with Gasteiger partial charge in [-0.25, -0.2) is 0 Å². The third-order valence-electron chi connectivity index (χ3n) is 3.53. The Bertz CT molecular complexity index is 644. The quantitative estimate of drug-likeness (QED) is 0.932. The summed E-state index contributed by atoms with van der Waals surface area (Å²) >= 11 is 0. The summed E-state index contributed by atoms with van der Waals surface area (Å²) in [5, 5.41) is 3.37. The molecule has 1 N–H and O–H groups in total. The van der Waals surface area contributed by atoms with Crippen molar-refractivity contribution in [3.05, 3.63) is 36.2 Å². The van der Waals surface area contributed by atoms with Crippen molar-refractivity contribution >= 4 is 17.6 Å². The molecule has 0 bridgehead atoms. The van der Waals surface area contributed by atoms with Gasteiger partial charge in [-0.15, -0.1) is 0 Å². The van der Waals surface area contributed by atoms with E-state index in [1.165, 1.54) is 12.8 Å². The van der Waals surface area contributed by atoms with E-state index >= 15 is 0 Å². The van der Waals surface area contributed by atoms with Gasteiger partial charge in [0.15, 0.2) is 0 Å². The zero-order valence-corrected chi connectivity index (χ0v) is 13.7. The van der Waals surface area contributed by atoms with Crippen LogP contribution in [0.25, 0.3) is 0 Å². The molecule has 3 rings (SSSR count). The van der Waals surface area contributed by atoms with Crippen LogP contribution in [0.3, 0.4) is 0 Å². The first-order valence-corrected chi connectivity index (χ1v) is 7.78. The minimum Gasteiger partial charge on any atom is -0.351 e. The van der Waals surface area contributed by atoms with Crippen LogP contribution in [0.15, 0.2) is 30.3 Å². The van der Waals surface area contributed by atoms with Gasteiger partial charge in [-0.05, 0) is 52.7 Å². The van der Waals surface area contributed by atoms with E-state index < -0.39 is 0 Å². The lowest BCUT2D eigenvalue weighted by Gasteiger charge is -2.35. The summed E-state index contributed by atoms with van der Waals surface area (Å²) in [5.74, 6) is 2.10. The van der Waals surface area contributed by atoms with Gasteiger partial charge in [0, 0.05) is 17.3 Å². The van der Waals surface area contributed by atoms with Crippen molar-refractivity contribution in [1.82, 2.24) is 15.0 Å². The molecule has 22 heavy (non-hydrogen) atoms. The van der Waals surface area contributed by atoms with Crippen LogP contribution in [0.5, 0.6) is 0 Å². The number of nitrogens with one attached hydrogen (secondary N) is 1. The Morgan fingerprint density at radius 1 is 1.05 bits per heavy atom. The fourth-order valence-corrected chi connectivity index (χ4v) is 2.42. The maximum absolute atomic E-state index is 4.65. The fourth-order valence-electron chi connectivity index (χ4n) is 2.42. The van der Waals surface area contributed by atoms with Crippen LogP contribution >= 0.6 is 0 Å². The Morgan fingerprint density at radius 3 is 2.32 bits per heavy atom. The number of aromatic nitrogens is 3. The molecular weight excluding hydrogens is 274 g/mol. The molecule has 0 unspecified atom stereocenters. The summed E-state index contributed by atoms with van der Waals surface area (Å²) in [5.41, 5.74) is 0.949. The molecule has 1 aliphatic rings. The van der Waals surface area contributed by atoms with Gasteiger partial charge in [0.25, 0.3) is 0 Å². The van der Waals surface area contributed by atoms with Crippen molar-refractivity contribution in [2.75, 3.05) is 10.2 Å². The van der Waals surface area contributed by atoms with Gasteiger partial charge in [0.05, 0.1) is 0 Å². The zero-order valence-electron chi connectivity index (χ0n) is 13.7. The van der Waals surface area contributed by atoms with Gasteiger partial charge in [0.1, 0.15) is 5.82 Å². The second-order valence-electron chi connectivity index (χ2n) is 6.77. The van der Waals surface area contributed by atoms with Gasteiger partial charge in [-0.3, -0.25) is 0 Å². The number of aryl methyl sites for hydroxylation is 1. The lowest BCUT2D eigenvalue weighted by Crippen LogP contribution is -2.39. The highest BCUT2D eigenvalue weighted by Crippen LogP contribution is 2.31. The maximum Gasteiger partial charge on any atom is 0.235 e. The third-order valence-corrected chi connectivity index (χ3v) is 3.53. The summed E-state index contributed by atoms with van der Waals surface area (Å²) in [6, 6.07) is 10.8. The zero-order chi connectivity index (χ0) is 15.7. The SMILES string of the molecule is Cc1nc(NC2CC2)nc(N(c2ccccc2)C(C)(C)C)n1. The third kappa shape index (κ3) is 3.35. The van der Waals surface area contributed by atoms with E-state index in [-0.39, 0.29) is 5.54 Å². The van der Waals surface area contributed by atoms with Crippen LogP contribution in [0.4, 0.5) is 17.6 Å². The van der Waals surface area contributed by atoms with E-state index in [2.05, 4.69) is 58.1 Å². The molecule has 0 atom stereocenters. The predicted octanol–water partition coefficient (Wildman–Crippen LogP) is 3.69. The van der Waals surface area contributed by atoms with Gasteiger partial charge in [-0.1, -0.05) is 18.2 Å². The number of hydrogen-bond donors (Lipinski definition) is 1. The molecule has 1 saturated carbocycles. The molecule has 1 aromatic heterocycles. The monoisotopic (exact) mass is 297 g/mol. The summed E-state index contributed by atoms with van der Waals surface area (Å²) in [4.78, 5) is 15.8. The van der Waals surface area contributed by atoms with Crippen molar-refractivity contribution in [2.45, 2.75) is 52.1 Å². The van der Waals surface area contributed by atoms with Crippen molar-refractivity contribution in [1.29, 1.82) is 0 Å². The molecule has 0 saturated heterocycles. The summed E-state index contributed by atoms with van der Waals surface area (Å²) in [6.45, 7) is 8.39. The average Bonchev–Trinajstić information content (AvgIpc) is 3.21.